The molecule has 1 saturated carbocycles. The van der Waals surface area contributed by atoms with Gasteiger partial charge in [0.05, 0.1) is 0 Å². The molecule has 9 heavy (non-hydrogen) atoms. The lowest BCUT2D eigenvalue weighted by atomic mass is 10.3. The first-order valence-corrected chi connectivity index (χ1v) is 3.13. The zero-order chi connectivity index (χ0) is 6.27. The number of rotatable bonds is 1. The van der Waals surface area contributed by atoms with Crippen LogP contribution >= 0.6 is 0 Å². The maximum Gasteiger partial charge on any atom is 0.0490 e. The standard InChI is InChI=1S/C6H9N3/c7-5-3-4(5)6-1-2-8-9-6/h1-2,4-5H,3,7H2,(H,8,9)/t4-,5-/m1/s1. The predicted octanol–water partition coefficient (Wildman–Crippen LogP) is 0.224. The van der Waals surface area contributed by atoms with Crippen molar-refractivity contribution in [2.45, 2.75) is 18.4 Å². The topological polar surface area (TPSA) is 54.7 Å². The zero-order valence-corrected chi connectivity index (χ0v) is 5.04. The molecule has 0 spiro atoms. The van der Waals surface area contributed by atoms with E-state index < -0.39 is 0 Å². The second-order valence-electron chi connectivity index (χ2n) is 2.52. The fourth-order valence-corrected chi connectivity index (χ4v) is 1.05. The number of aromatic amines is 1. The maximum atomic E-state index is 5.61. The summed E-state index contributed by atoms with van der Waals surface area (Å²) in [5.41, 5.74) is 6.79. The second-order valence-corrected chi connectivity index (χ2v) is 2.52. The van der Waals surface area contributed by atoms with Crippen LogP contribution in [0.2, 0.25) is 0 Å². The highest BCUT2D eigenvalue weighted by Gasteiger charge is 2.35. The molecule has 1 aliphatic carbocycles. The van der Waals surface area contributed by atoms with Crippen LogP contribution in [-0.4, -0.2) is 16.2 Å². The first kappa shape index (κ1) is 4.99. The van der Waals surface area contributed by atoms with Gasteiger partial charge in [0.2, 0.25) is 0 Å². The van der Waals surface area contributed by atoms with Crippen molar-refractivity contribution in [2.75, 3.05) is 0 Å². The molecular weight excluding hydrogens is 114 g/mol. The molecule has 0 aromatic carbocycles. The Balaban J connectivity index is 2.18. The van der Waals surface area contributed by atoms with Crippen molar-refractivity contribution in [3.8, 4) is 0 Å². The SMILES string of the molecule is N[C@@H]1C[C@H]1c1ccn[nH]1. The van der Waals surface area contributed by atoms with Crippen LogP contribution in [0.3, 0.4) is 0 Å². The van der Waals surface area contributed by atoms with Crippen molar-refractivity contribution in [3.05, 3.63) is 18.0 Å². The van der Waals surface area contributed by atoms with E-state index in [9.17, 15) is 0 Å². The van der Waals surface area contributed by atoms with Gasteiger partial charge in [0, 0.05) is 23.9 Å². The molecule has 0 aliphatic heterocycles. The smallest absolute Gasteiger partial charge is 0.0490 e. The van der Waals surface area contributed by atoms with Crippen LogP contribution in [-0.2, 0) is 0 Å². The van der Waals surface area contributed by atoms with Gasteiger partial charge in [0.1, 0.15) is 0 Å². The number of hydrogen-bond donors (Lipinski definition) is 2. The van der Waals surface area contributed by atoms with Crippen LogP contribution in [0.1, 0.15) is 18.0 Å². The molecule has 0 saturated heterocycles. The van der Waals surface area contributed by atoms with E-state index in [-0.39, 0.29) is 0 Å². The van der Waals surface area contributed by atoms with Crippen LogP contribution in [0, 0.1) is 0 Å². The van der Waals surface area contributed by atoms with Crippen LogP contribution < -0.4 is 5.73 Å². The van der Waals surface area contributed by atoms with Crippen molar-refractivity contribution in [1.29, 1.82) is 0 Å². The van der Waals surface area contributed by atoms with Gasteiger partial charge in [-0.1, -0.05) is 0 Å². The first-order chi connectivity index (χ1) is 4.38. The number of aromatic nitrogens is 2. The highest BCUT2D eigenvalue weighted by atomic mass is 15.1. The summed E-state index contributed by atoms with van der Waals surface area (Å²) in [5.74, 6) is 0.562. The van der Waals surface area contributed by atoms with E-state index in [2.05, 4.69) is 10.2 Å². The molecule has 3 nitrogen and oxygen atoms in total. The van der Waals surface area contributed by atoms with Crippen LogP contribution in [0.5, 0.6) is 0 Å². The third-order valence-electron chi connectivity index (χ3n) is 1.76. The number of nitrogens with two attached hydrogens (primary N) is 1. The van der Waals surface area contributed by atoms with Crippen molar-refractivity contribution in [3.63, 3.8) is 0 Å². The molecule has 0 unspecified atom stereocenters. The Labute approximate surface area is 53.3 Å². The van der Waals surface area contributed by atoms with E-state index in [0.717, 1.165) is 6.42 Å². The molecular formula is C6H9N3. The summed E-state index contributed by atoms with van der Waals surface area (Å²) in [6.07, 6.45) is 2.88. The van der Waals surface area contributed by atoms with E-state index in [1.807, 2.05) is 6.07 Å². The highest BCUT2D eigenvalue weighted by molar-refractivity contribution is 5.17. The van der Waals surface area contributed by atoms with Gasteiger partial charge in [-0.15, -0.1) is 0 Å². The number of nitrogens with one attached hydrogen (secondary N) is 1. The lowest BCUT2D eigenvalue weighted by Crippen LogP contribution is -2.00. The Kier molecular flexibility index (Phi) is 0.873. The number of H-pyrrole nitrogens is 1. The Morgan fingerprint density at radius 1 is 1.78 bits per heavy atom. The highest BCUT2D eigenvalue weighted by Crippen LogP contribution is 2.37. The lowest BCUT2D eigenvalue weighted by molar-refractivity contribution is 0.919. The average molecular weight is 123 g/mol. The van der Waals surface area contributed by atoms with Gasteiger partial charge in [-0.2, -0.15) is 5.10 Å². The van der Waals surface area contributed by atoms with E-state index in [0.29, 0.717) is 12.0 Å². The Bertz CT molecular complexity index is 192. The third kappa shape index (κ3) is 0.733. The summed E-state index contributed by atoms with van der Waals surface area (Å²) in [5, 5.41) is 6.74. The van der Waals surface area contributed by atoms with Crippen LogP contribution in [0.15, 0.2) is 12.3 Å². The largest absolute Gasteiger partial charge is 0.327 e. The molecule has 48 valence electrons. The van der Waals surface area contributed by atoms with E-state index in [1.54, 1.807) is 6.20 Å². The minimum Gasteiger partial charge on any atom is -0.327 e. The Morgan fingerprint density at radius 2 is 2.56 bits per heavy atom. The Hall–Kier alpha value is -0.830. The van der Waals surface area contributed by atoms with Crippen molar-refractivity contribution < 1.29 is 0 Å². The summed E-state index contributed by atoms with van der Waals surface area (Å²) in [6.45, 7) is 0. The lowest BCUT2D eigenvalue weighted by Gasteiger charge is -1.86. The molecule has 2 atom stereocenters. The molecule has 1 fully saturated rings. The van der Waals surface area contributed by atoms with Gasteiger partial charge >= 0.3 is 0 Å². The fraction of sp³-hybridized carbons (Fsp3) is 0.500. The quantitative estimate of drug-likeness (QED) is 0.561. The van der Waals surface area contributed by atoms with Crippen molar-refractivity contribution in [1.82, 2.24) is 10.2 Å². The molecule has 0 amide bonds. The summed E-state index contributed by atoms with van der Waals surface area (Å²) < 4.78 is 0. The molecule has 1 aliphatic rings. The zero-order valence-electron chi connectivity index (χ0n) is 5.04. The summed E-state index contributed by atoms with van der Waals surface area (Å²) in [4.78, 5) is 0. The molecule has 1 aromatic heterocycles. The second kappa shape index (κ2) is 1.57. The van der Waals surface area contributed by atoms with E-state index in [4.69, 9.17) is 5.73 Å². The molecule has 0 radical (unpaired) electrons. The summed E-state index contributed by atoms with van der Waals surface area (Å²) in [7, 11) is 0. The van der Waals surface area contributed by atoms with Gasteiger partial charge in [-0.25, -0.2) is 0 Å². The minimum atomic E-state index is 0.380. The molecule has 1 aromatic rings. The van der Waals surface area contributed by atoms with Gasteiger partial charge in [0.15, 0.2) is 0 Å². The number of hydrogen-bond acceptors (Lipinski definition) is 2. The third-order valence-corrected chi connectivity index (χ3v) is 1.76. The Morgan fingerprint density at radius 3 is 3.00 bits per heavy atom. The fourth-order valence-electron chi connectivity index (χ4n) is 1.05. The molecule has 0 bridgehead atoms. The van der Waals surface area contributed by atoms with Gasteiger partial charge in [0.25, 0.3) is 0 Å². The van der Waals surface area contributed by atoms with Crippen LogP contribution in [0.25, 0.3) is 0 Å². The van der Waals surface area contributed by atoms with Crippen molar-refractivity contribution in [2.24, 2.45) is 5.73 Å². The van der Waals surface area contributed by atoms with Crippen molar-refractivity contribution >= 4 is 0 Å². The molecule has 2 rings (SSSR count). The number of nitrogens with zero attached hydrogens (tertiary/aromatic N) is 1. The van der Waals surface area contributed by atoms with Crippen LogP contribution in [0.4, 0.5) is 0 Å². The van der Waals surface area contributed by atoms with E-state index in [1.165, 1.54) is 5.69 Å². The maximum absolute atomic E-state index is 5.61. The summed E-state index contributed by atoms with van der Waals surface area (Å²) >= 11 is 0. The minimum absolute atomic E-state index is 0.380. The molecule has 1 heterocycles. The van der Waals surface area contributed by atoms with E-state index >= 15 is 0 Å². The van der Waals surface area contributed by atoms with Gasteiger partial charge < -0.3 is 5.73 Å². The summed E-state index contributed by atoms with van der Waals surface area (Å²) in [6, 6.07) is 2.36. The molecule has 3 N–H and O–H groups in total. The van der Waals surface area contributed by atoms with Gasteiger partial charge in [-0.3, -0.25) is 5.10 Å². The normalized spacial score (nSPS) is 32.6. The average Bonchev–Trinajstić information content (AvgIpc) is 2.44. The van der Waals surface area contributed by atoms with Gasteiger partial charge in [-0.05, 0) is 12.5 Å². The molecule has 3 heteroatoms. The first-order valence-electron chi connectivity index (χ1n) is 3.13. The monoisotopic (exact) mass is 123 g/mol. The predicted molar refractivity (Wildman–Crippen MR) is 33.9 cm³/mol.